The molecule has 0 spiro atoms. The Morgan fingerprint density at radius 1 is 1.33 bits per heavy atom. The van der Waals surface area contributed by atoms with Gasteiger partial charge in [0.2, 0.25) is 11.8 Å². The Morgan fingerprint density at radius 3 is 2.52 bits per heavy atom. The topological polar surface area (TPSA) is 49.4 Å². The summed E-state index contributed by atoms with van der Waals surface area (Å²) < 4.78 is 0. The van der Waals surface area contributed by atoms with Gasteiger partial charge in [-0.25, -0.2) is 0 Å². The van der Waals surface area contributed by atoms with E-state index < -0.39 is 0 Å². The average Bonchev–Trinajstić information content (AvgIpc) is 2.47. The van der Waals surface area contributed by atoms with Gasteiger partial charge in [-0.15, -0.1) is 0 Å². The smallest absolute Gasteiger partial charge is 0.227 e. The first-order valence-electron chi connectivity index (χ1n) is 7.58. The predicted octanol–water partition coefficient (Wildman–Crippen LogP) is 2.29. The van der Waals surface area contributed by atoms with Gasteiger partial charge in [-0.2, -0.15) is 0 Å². The molecular weight excluding hydrogens is 264 g/mol. The zero-order chi connectivity index (χ0) is 15.4. The highest BCUT2D eigenvalue weighted by Gasteiger charge is 2.26. The Morgan fingerprint density at radius 2 is 2.00 bits per heavy atom. The molecule has 1 aromatic carbocycles. The predicted molar refractivity (Wildman–Crippen MR) is 82.7 cm³/mol. The second kappa shape index (κ2) is 6.74. The van der Waals surface area contributed by atoms with Crippen molar-refractivity contribution in [1.82, 2.24) is 10.2 Å². The van der Waals surface area contributed by atoms with Crippen LogP contribution in [0, 0.1) is 5.92 Å². The summed E-state index contributed by atoms with van der Waals surface area (Å²) in [5.74, 6) is 0.598. The summed E-state index contributed by atoms with van der Waals surface area (Å²) in [7, 11) is 1.83. The maximum absolute atomic E-state index is 12.4. The van der Waals surface area contributed by atoms with Gasteiger partial charge in [-0.3, -0.25) is 9.59 Å². The van der Waals surface area contributed by atoms with E-state index in [1.807, 2.05) is 7.05 Å². The van der Waals surface area contributed by atoms with Gasteiger partial charge in [0.05, 0.1) is 5.92 Å². The first kappa shape index (κ1) is 15.5. The highest BCUT2D eigenvalue weighted by atomic mass is 16.2. The van der Waals surface area contributed by atoms with Crippen LogP contribution in [-0.4, -0.2) is 30.3 Å². The number of nitrogens with zero attached hydrogens (tertiary/aromatic N) is 1. The fraction of sp³-hybridized carbons (Fsp3) is 0.529. The van der Waals surface area contributed by atoms with Crippen LogP contribution in [0.15, 0.2) is 24.3 Å². The molecular formula is C17H24N2O2. The molecule has 2 amide bonds. The molecule has 0 radical (unpaired) electrons. The second-order valence-corrected chi connectivity index (χ2v) is 6.13. The van der Waals surface area contributed by atoms with Crippen LogP contribution in [-0.2, 0) is 16.1 Å². The fourth-order valence-corrected chi connectivity index (χ4v) is 2.61. The molecule has 0 aliphatic carbocycles. The van der Waals surface area contributed by atoms with E-state index in [9.17, 15) is 9.59 Å². The van der Waals surface area contributed by atoms with Crippen LogP contribution in [0.3, 0.4) is 0 Å². The number of piperidine rings is 1. The monoisotopic (exact) mass is 288 g/mol. The SMILES string of the molecule is CC(C)c1ccc(CN(C)C(=O)C2CCC(=O)NC2)cc1. The number of hydrogen-bond acceptors (Lipinski definition) is 2. The molecule has 21 heavy (non-hydrogen) atoms. The lowest BCUT2D eigenvalue weighted by Crippen LogP contribution is -2.43. The van der Waals surface area contributed by atoms with Gasteiger partial charge in [-0.05, 0) is 23.5 Å². The summed E-state index contributed by atoms with van der Waals surface area (Å²) in [6, 6.07) is 8.42. The number of carbonyl (C=O) groups excluding carboxylic acids is 2. The maximum Gasteiger partial charge on any atom is 0.227 e. The summed E-state index contributed by atoms with van der Waals surface area (Å²) in [5, 5.41) is 2.77. The minimum Gasteiger partial charge on any atom is -0.355 e. The van der Waals surface area contributed by atoms with Crippen molar-refractivity contribution in [3.05, 3.63) is 35.4 Å². The van der Waals surface area contributed by atoms with Gasteiger partial charge in [0.25, 0.3) is 0 Å². The Labute approximate surface area is 126 Å². The van der Waals surface area contributed by atoms with Crippen molar-refractivity contribution >= 4 is 11.8 Å². The molecule has 1 aliphatic heterocycles. The van der Waals surface area contributed by atoms with E-state index in [2.05, 4.69) is 43.4 Å². The van der Waals surface area contributed by atoms with Gasteiger partial charge >= 0.3 is 0 Å². The van der Waals surface area contributed by atoms with Crippen LogP contribution >= 0.6 is 0 Å². The summed E-state index contributed by atoms with van der Waals surface area (Å²) in [6.07, 6.45) is 1.11. The molecule has 1 unspecified atom stereocenters. The Hall–Kier alpha value is -1.84. The van der Waals surface area contributed by atoms with E-state index in [4.69, 9.17) is 0 Å². The van der Waals surface area contributed by atoms with Crippen LogP contribution in [0.4, 0.5) is 0 Å². The highest BCUT2D eigenvalue weighted by Crippen LogP contribution is 2.17. The molecule has 1 N–H and O–H groups in total. The molecule has 1 aliphatic rings. The van der Waals surface area contributed by atoms with E-state index in [0.29, 0.717) is 31.8 Å². The van der Waals surface area contributed by atoms with E-state index in [-0.39, 0.29) is 17.7 Å². The zero-order valence-electron chi connectivity index (χ0n) is 13.1. The summed E-state index contributed by atoms with van der Waals surface area (Å²) >= 11 is 0. The fourth-order valence-electron chi connectivity index (χ4n) is 2.61. The molecule has 114 valence electrons. The van der Waals surface area contributed by atoms with Crippen LogP contribution in [0.25, 0.3) is 0 Å². The van der Waals surface area contributed by atoms with E-state index in [1.165, 1.54) is 5.56 Å². The Balaban J connectivity index is 1.92. The minimum absolute atomic E-state index is 0.0472. The first-order valence-corrected chi connectivity index (χ1v) is 7.58. The molecule has 4 heteroatoms. The van der Waals surface area contributed by atoms with Crippen LogP contribution in [0.1, 0.15) is 43.7 Å². The highest BCUT2D eigenvalue weighted by molar-refractivity contribution is 5.83. The molecule has 1 fully saturated rings. The third-order valence-corrected chi connectivity index (χ3v) is 4.06. The number of benzene rings is 1. The average molecular weight is 288 g/mol. The van der Waals surface area contributed by atoms with Crippen molar-refractivity contribution in [2.45, 2.75) is 39.2 Å². The third kappa shape index (κ3) is 4.06. The molecule has 0 saturated carbocycles. The Bertz CT molecular complexity index is 498. The van der Waals surface area contributed by atoms with Gasteiger partial charge in [0, 0.05) is 26.6 Å². The van der Waals surface area contributed by atoms with Crippen LogP contribution in [0.5, 0.6) is 0 Å². The summed E-state index contributed by atoms with van der Waals surface area (Å²) in [5.41, 5.74) is 2.44. The number of nitrogens with one attached hydrogen (secondary N) is 1. The van der Waals surface area contributed by atoms with Gasteiger partial charge in [0.15, 0.2) is 0 Å². The molecule has 1 aromatic rings. The van der Waals surface area contributed by atoms with Gasteiger partial charge in [-0.1, -0.05) is 38.1 Å². The van der Waals surface area contributed by atoms with Crippen molar-refractivity contribution in [2.24, 2.45) is 5.92 Å². The van der Waals surface area contributed by atoms with Crippen molar-refractivity contribution in [2.75, 3.05) is 13.6 Å². The van der Waals surface area contributed by atoms with Gasteiger partial charge in [0.1, 0.15) is 0 Å². The molecule has 4 nitrogen and oxygen atoms in total. The molecule has 0 bridgehead atoms. The van der Waals surface area contributed by atoms with Crippen molar-refractivity contribution in [3.8, 4) is 0 Å². The van der Waals surface area contributed by atoms with Crippen LogP contribution in [0.2, 0.25) is 0 Å². The number of amides is 2. The van der Waals surface area contributed by atoms with Crippen molar-refractivity contribution in [3.63, 3.8) is 0 Å². The largest absolute Gasteiger partial charge is 0.355 e. The molecule has 0 aromatic heterocycles. The standard InChI is InChI=1S/C17H24N2O2/c1-12(2)14-6-4-13(5-7-14)11-19(3)17(21)15-8-9-16(20)18-10-15/h4-7,12,15H,8-11H2,1-3H3,(H,18,20). The normalized spacial score (nSPS) is 18.5. The van der Waals surface area contributed by atoms with Crippen LogP contribution < -0.4 is 5.32 Å². The van der Waals surface area contributed by atoms with Crippen molar-refractivity contribution in [1.29, 1.82) is 0 Å². The maximum atomic E-state index is 12.4. The van der Waals surface area contributed by atoms with Crippen molar-refractivity contribution < 1.29 is 9.59 Å². The summed E-state index contributed by atoms with van der Waals surface area (Å²) in [4.78, 5) is 25.3. The lowest BCUT2D eigenvalue weighted by Gasteiger charge is -2.26. The van der Waals surface area contributed by atoms with E-state index in [1.54, 1.807) is 4.90 Å². The number of hydrogen-bond donors (Lipinski definition) is 1. The van der Waals surface area contributed by atoms with Gasteiger partial charge < -0.3 is 10.2 Å². The molecule has 1 atom stereocenters. The Kier molecular flexibility index (Phi) is 4.99. The molecule has 2 rings (SSSR count). The zero-order valence-corrected chi connectivity index (χ0v) is 13.1. The lowest BCUT2D eigenvalue weighted by atomic mass is 9.97. The first-order chi connectivity index (χ1) is 9.97. The molecule has 1 heterocycles. The minimum atomic E-state index is -0.0809. The summed E-state index contributed by atoms with van der Waals surface area (Å²) in [6.45, 7) is 5.42. The number of rotatable bonds is 4. The second-order valence-electron chi connectivity index (χ2n) is 6.13. The van der Waals surface area contributed by atoms with E-state index in [0.717, 1.165) is 5.56 Å². The molecule has 1 saturated heterocycles. The quantitative estimate of drug-likeness (QED) is 0.924. The number of carbonyl (C=O) groups is 2. The van der Waals surface area contributed by atoms with E-state index >= 15 is 0 Å². The lowest BCUT2D eigenvalue weighted by molar-refractivity contribution is -0.136. The third-order valence-electron chi connectivity index (χ3n) is 4.06.